The second kappa shape index (κ2) is 15.8. The van der Waals surface area contributed by atoms with Crippen LogP contribution in [0, 0.1) is 0 Å². The summed E-state index contributed by atoms with van der Waals surface area (Å²) in [4.78, 5) is 47.0. The molecule has 0 aliphatic carbocycles. The molecular formula is C22H34N2O8. The molecule has 1 aromatic carbocycles. The van der Waals surface area contributed by atoms with E-state index in [4.69, 9.17) is 9.84 Å². The second-order valence-electron chi connectivity index (χ2n) is 6.60. The number of imide groups is 1. The minimum Gasteiger partial charge on any atom is -0.463 e. The highest BCUT2D eigenvalue weighted by atomic mass is 16.5. The molecule has 2 unspecified atom stereocenters. The third-order valence-corrected chi connectivity index (χ3v) is 4.06. The van der Waals surface area contributed by atoms with Gasteiger partial charge in [0.2, 0.25) is 5.91 Å². The van der Waals surface area contributed by atoms with Crippen LogP contribution in [0.25, 0.3) is 0 Å². The molecule has 2 N–H and O–H groups in total. The molecule has 0 radical (unpaired) electrons. The van der Waals surface area contributed by atoms with Crippen molar-refractivity contribution in [2.24, 2.45) is 0 Å². The molecule has 2 atom stereocenters. The lowest BCUT2D eigenvalue weighted by molar-refractivity contribution is -0.143. The summed E-state index contributed by atoms with van der Waals surface area (Å²) in [7, 11) is 1.38. The zero-order valence-corrected chi connectivity index (χ0v) is 19.3. The first kappa shape index (κ1) is 29.0. The van der Waals surface area contributed by atoms with E-state index in [0.29, 0.717) is 12.0 Å². The number of urea groups is 1. The molecule has 1 saturated heterocycles. The number of ether oxygens (including phenoxy) is 2. The summed E-state index contributed by atoms with van der Waals surface area (Å²) < 4.78 is 9.47. The Morgan fingerprint density at radius 1 is 1.03 bits per heavy atom. The predicted octanol–water partition coefficient (Wildman–Crippen LogP) is 1.44. The van der Waals surface area contributed by atoms with Gasteiger partial charge in [0.15, 0.2) is 0 Å². The number of aliphatic hydroxyl groups excluding tert-OH is 2. The molecule has 1 heterocycles. The van der Waals surface area contributed by atoms with E-state index < -0.39 is 24.2 Å². The molecule has 0 spiro atoms. The Kier molecular flexibility index (Phi) is 14.3. The van der Waals surface area contributed by atoms with Gasteiger partial charge in [-0.05, 0) is 18.6 Å². The lowest BCUT2D eigenvalue weighted by atomic mass is 10.2. The number of benzene rings is 1. The van der Waals surface area contributed by atoms with Crippen molar-refractivity contribution in [2.45, 2.75) is 46.3 Å². The van der Waals surface area contributed by atoms with E-state index in [-0.39, 0.29) is 38.2 Å². The van der Waals surface area contributed by atoms with Gasteiger partial charge in [-0.3, -0.25) is 14.5 Å². The first-order valence-electron chi connectivity index (χ1n) is 10.4. The molecule has 0 saturated carbocycles. The van der Waals surface area contributed by atoms with E-state index in [1.807, 2.05) is 20.8 Å². The van der Waals surface area contributed by atoms with Crippen molar-refractivity contribution in [3.05, 3.63) is 35.9 Å². The number of rotatable bonds is 8. The molecule has 3 amide bonds. The molecule has 0 aromatic heterocycles. The molecule has 10 nitrogen and oxygen atoms in total. The number of amides is 3. The Bertz CT molecular complexity index is 726. The van der Waals surface area contributed by atoms with Crippen molar-refractivity contribution in [3.63, 3.8) is 0 Å². The van der Waals surface area contributed by atoms with Gasteiger partial charge in [0.05, 0.1) is 18.2 Å². The van der Waals surface area contributed by atoms with Crippen LogP contribution in [0.5, 0.6) is 0 Å². The van der Waals surface area contributed by atoms with Crippen LogP contribution in [0.1, 0.15) is 44.5 Å². The number of carbonyl (C=O) groups is 4. The van der Waals surface area contributed by atoms with Crippen molar-refractivity contribution in [3.8, 4) is 0 Å². The van der Waals surface area contributed by atoms with Crippen molar-refractivity contribution in [2.75, 3.05) is 33.4 Å². The molecule has 1 aliphatic heterocycles. The summed E-state index contributed by atoms with van der Waals surface area (Å²) >= 11 is 0. The van der Waals surface area contributed by atoms with Gasteiger partial charge in [0.25, 0.3) is 0 Å². The van der Waals surface area contributed by atoms with Gasteiger partial charge >= 0.3 is 18.0 Å². The predicted molar refractivity (Wildman–Crippen MR) is 117 cm³/mol. The summed E-state index contributed by atoms with van der Waals surface area (Å²) in [6, 6.07) is 7.93. The highest BCUT2D eigenvalue weighted by Gasteiger charge is 2.34. The fraction of sp³-hybridized carbons (Fsp3) is 0.545. The Balaban J connectivity index is 0.000000738. The topological polar surface area (TPSA) is 134 Å². The molecule has 1 aromatic rings. The third-order valence-electron chi connectivity index (χ3n) is 4.06. The average molecular weight is 455 g/mol. The smallest absolute Gasteiger partial charge is 0.338 e. The molecular weight excluding hydrogens is 420 g/mol. The highest BCUT2D eigenvalue weighted by Crippen LogP contribution is 2.09. The molecule has 180 valence electrons. The van der Waals surface area contributed by atoms with Gasteiger partial charge in [-0.1, -0.05) is 39.0 Å². The number of hydrogen-bond donors (Lipinski definition) is 2. The SMILES string of the molecule is CC.CCC(O)COC(C)=O.CN1C(=O)CN(CC(O)COC(=O)c2ccccc2)C1=O. The summed E-state index contributed by atoms with van der Waals surface area (Å²) in [5.41, 5.74) is 0.386. The Morgan fingerprint density at radius 2 is 1.59 bits per heavy atom. The van der Waals surface area contributed by atoms with E-state index in [1.165, 1.54) is 18.9 Å². The lowest BCUT2D eigenvalue weighted by Crippen LogP contribution is -2.37. The van der Waals surface area contributed by atoms with E-state index in [0.717, 1.165) is 4.90 Å². The summed E-state index contributed by atoms with van der Waals surface area (Å²) in [6.07, 6.45) is -0.928. The molecule has 1 fully saturated rings. The van der Waals surface area contributed by atoms with Gasteiger partial charge in [0.1, 0.15) is 25.9 Å². The Morgan fingerprint density at radius 3 is 2.06 bits per heavy atom. The summed E-state index contributed by atoms with van der Waals surface area (Å²) in [6.45, 7) is 6.90. The lowest BCUT2D eigenvalue weighted by Gasteiger charge is -2.18. The van der Waals surface area contributed by atoms with Gasteiger partial charge in [-0.25, -0.2) is 9.59 Å². The van der Waals surface area contributed by atoms with Crippen LogP contribution in [-0.4, -0.2) is 89.4 Å². The maximum atomic E-state index is 11.7. The Labute approximate surface area is 188 Å². The molecule has 32 heavy (non-hydrogen) atoms. The fourth-order valence-electron chi connectivity index (χ4n) is 2.27. The standard InChI is InChI=1S/C14H16N2O5.C6H12O3.C2H6/c1-15-12(18)8-16(14(15)20)7-11(17)9-21-13(19)10-5-3-2-4-6-10;1-3-6(8)4-9-5(2)7;1-2/h2-6,11,17H,7-9H2,1H3;6,8H,3-4H2,1-2H3;1-2H3. The van der Waals surface area contributed by atoms with Gasteiger partial charge in [0, 0.05) is 14.0 Å². The fourth-order valence-corrected chi connectivity index (χ4v) is 2.27. The summed E-state index contributed by atoms with van der Waals surface area (Å²) in [5, 5.41) is 18.6. The van der Waals surface area contributed by atoms with Crippen LogP contribution >= 0.6 is 0 Å². The van der Waals surface area contributed by atoms with Gasteiger partial charge < -0.3 is 24.6 Å². The van der Waals surface area contributed by atoms with Crippen LogP contribution in [-0.2, 0) is 19.1 Å². The first-order valence-corrected chi connectivity index (χ1v) is 10.4. The van der Waals surface area contributed by atoms with Crippen LogP contribution < -0.4 is 0 Å². The van der Waals surface area contributed by atoms with Gasteiger partial charge in [-0.15, -0.1) is 0 Å². The quantitative estimate of drug-likeness (QED) is 0.445. The maximum Gasteiger partial charge on any atom is 0.338 e. The van der Waals surface area contributed by atoms with Crippen LogP contribution in [0.2, 0.25) is 0 Å². The third kappa shape index (κ3) is 10.9. The van der Waals surface area contributed by atoms with Crippen molar-refractivity contribution >= 4 is 23.9 Å². The number of nitrogens with zero attached hydrogens (tertiary/aromatic N) is 2. The minimum atomic E-state index is -1.04. The average Bonchev–Trinajstić information content (AvgIpc) is 3.04. The zero-order valence-electron chi connectivity index (χ0n) is 19.3. The highest BCUT2D eigenvalue weighted by molar-refractivity contribution is 6.01. The number of hydrogen-bond acceptors (Lipinski definition) is 8. The van der Waals surface area contributed by atoms with Crippen molar-refractivity contribution in [1.29, 1.82) is 0 Å². The van der Waals surface area contributed by atoms with E-state index in [9.17, 15) is 24.3 Å². The van der Waals surface area contributed by atoms with Crippen LogP contribution in [0.15, 0.2) is 30.3 Å². The zero-order chi connectivity index (χ0) is 24.7. The number of carbonyl (C=O) groups excluding carboxylic acids is 4. The summed E-state index contributed by atoms with van der Waals surface area (Å²) in [5.74, 6) is -1.22. The normalized spacial score (nSPS) is 14.5. The van der Waals surface area contributed by atoms with E-state index >= 15 is 0 Å². The first-order chi connectivity index (χ1) is 15.1. The van der Waals surface area contributed by atoms with Crippen LogP contribution in [0.4, 0.5) is 4.79 Å². The molecule has 2 rings (SSSR count). The van der Waals surface area contributed by atoms with E-state index in [1.54, 1.807) is 30.3 Å². The largest absolute Gasteiger partial charge is 0.463 e. The monoisotopic (exact) mass is 454 g/mol. The Hall–Kier alpha value is -2.98. The molecule has 1 aliphatic rings. The van der Waals surface area contributed by atoms with Crippen molar-refractivity contribution < 1.29 is 38.9 Å². The minimum absolute atomic E-state index is 0.0585. The number of esters is 2. The second-order valence-corrected chi connectivity index (χ2v) is 6.60. The van der Waals surface area contributed by atoms with Gasteiger partial charge in [-0.2, -0.15) is 0 Å². The van der Waals surface area contributed by atoms with Crippen LogP contribution in [0.3, 0.4) is 0 Å². The van der Waals surface area contributed by atoms with Crippen molar-refractivity contribution in [1.82, 2.24) is 9.80 Å². The number of β-amino-alcohol motifs (C(OH)–C–C–N with tert-alkyl or cyclic N) is 1. The molecule has 0 bridgehead atoms. The maximum absolute atomic E-state index is 11.7. The van der Waals surface area contributed by atoms with E-state index in [2.05, 4.69) is 4.74 Å². The molecule has 10 heteroatoms. The number of aliphatic hydroxyl groups is 2. The number of likely N-dealkylation sites (N-methyl/N-ethyl adjacent to an activating group) is 1.